The molecule has 4 unspecified atom stereocenters. The highest BCUT2D eigenvalue weighted by Crippen LogP contribution is 2.64. The summed E-state index contributed by atoms with van der Waals surface area (Å²) in [6, 6.07) is 0. The summed E-state index contributed by atoms with van der Waals surface area (Å²) in [5.41, 5.74) is 1.12. The number of rotatable bonds is 0. The van der Waals surface area contributed by atoms with Crippen molar-refractivity contribution >= 4 is 0 Å². The van der Waals surface area contributed by atoms with Crippen molar-refractivity contribution in [2.45, 2.75) is 66.2 Å². The molecule has 2 bridgehead atoms. The van der Waals surface area contributed by atoms with E-state index in [-0.39, 0.29) is 0 Å². The molecule has 0 aromatic rings. The van der Waals surface area contributed by atoms with Crippen LogP contribution in [0.4, 0.5) is 0 Å². The summed E-state index contributed by atoms with van der Waals surface area (Å²) in [6.45, 7) is 9.97. The average molecular weight is 220 g/mol. The minimum atomic E-state index is 0.503. The Hall–Kier alpha value is 0. The minimum Gasteiger partial charge on any atom is -0.0597 e. The second-order valence-corrected chi connectivity index (χ2v) is 8.23. The van der Waals surface area contributed by atoms with Gasteiger partial charge in [-0.3, -0.25) is 0 Å². The monoisotopic (exact) mass is 220 g/mol. The van der Waals surface area contributed by atoms with Crippen LogP contribution in [-0.4, -0.2) is 0 Å². The highest BCUT2D eigenvalue weighted by Gasteiger charge is 2.55. The molecule has 0 aromatic heterocycles. The molecule has 0 nitrogen and oxygen atoms in total. The smallest absolute Gasteiger partial charge is 0.0272 e. The van der Waals surface area contributed by atoms with E-state index in [4.69, 9.17) is 0 Å². The topological polar surface area (TPSA) is 0 Å². The zero-order valence-corrected chi connectivity index (χ0v) is 11.6. The van der Waals surface area contributed by atoms with E-state index in [0.29, 0.717) is 10.8 Å². The molecule has 0 amide bonds. The van der Waals surface area contributed by atoms with Crippen LogP contribution in [0.25, 0.3) is 0 Å². The highest BCUT2D eigenvalue weighted by atomic mass is 14.6. The zero-order chi connectivity index (χ0) is 11.6. The van der Waals surface area contributed by atoms with E-state index in [2.05, 4.69) is 27.7 Å². The Morgan fingerprint density at radius 1 is 0.938 bits per heavy atom. The molecule has 3 rings (SSSR count). The maximum atomic E-state index is 2.58. The van der Waals surface area contributed by atoms with Gasteiger partial charge in [0, 0.05) is 0 Å². The standard InChI is InChI=1S/C16H28/c1-15(2,3)16(4)9-11-8-12(10-16)14-7-5-6-13(11)14/h11-14H,5-10H2,1-4H3. The number of hydrogen-bond donors (Lipinski definition) is 0. The van der Waals surface area contributed by atoms with Gasteiger partial charge in [0.2, 0.25) is 0 Å². The summed E-state index contributed by atoms with van der Waals surface area (Å²) < 4.78 is 0. The molecular formula is C16H28. The van der Waals surface area contributed by atoms with Gasteiger partial charge in [0.1, 0.15) is 0 Å². The van der Waals surface area contributed by atoms with Crippen LogP contribution in [0.3, 0.4) is 0 Å². The molecule has 0 saturated heterocycles. The lowest BCUT2D eigenvalue weighted by Crippen LogP contribution is -2.39. The Labute approximate surface area is 101 Å². The van der Waals surface area contributed by atoms with Crippen LogP contribution in [-0.2, 0) is 0 Å². The van der Waals surface area contributed by atoms with E-state index in [9.17, 15) is 0 Å². The average Bonchev–Trinajstić information content (AvgIpc) is 2.69. The third-order valence-corrected chi connectivity index (χ3v) is 6.68. The first-order chi connectivity index (χ1) is 7.41. The summed E-state index contributed by atoms with van der Waals surface area (Å²) in [4.78, 5) is 0. The van der Waals surface area contributed by atoms with E-state index in [0.717, 1.165) is 23.7 Å². The van der Waals surface area contributed by atoms with Crippen molar-refractivity contribution in [3.8, 4) is 0 Å². The first kappa shape index (κ1) is 11.1. The third-order valence-electron chi connectivity index (χ3n) is 6.68. The largest absolute Gasteiger partial charge is 0.0597 e. The first-order valence-corrected chi connectivity index (χ1v) is 7.41. The molecule has 0 heterocycles. The van der Waals surface area contributed by atoms with Gasteiger partial charge in [-0.25, -0.2) is 0 Å². The molecule has 4 atom stereocenters. The van der Waals surface area contributed by atoms with Crippen LogP contribution >= 0.6 is 0 Å². The quantitative estimate of drug-likeness (QED) is 0.545. The summed E-state index contributed by atoms with van der Waals surface area (Å²) in [6.07, 6.45) is 9.29. The van der Waals surface area contributed by atoms with Crippen LogP contribution in [0.5, 0.6) is 0 Å². The van der Waals surface area contributed by atoms with Crippen molar-refractivity contribution in [2.75, 3.05) is 0 Å². The zero-order valence-electron chi connectivity index (χ0n) is 11.6. The lowest BCUT2D eigenvalue weighted by molar-refractivity contribution is 0.0195. The second-order valence-electron chi connectivity index (χ2n) is 8.23. The fraction of sp³-hybridized carbons (Fsp3) is 1.00. The van der Waals surface area contributed by atoms with Gasteiger partial charge in [-0.1, -0.05) is 34.1 Å². The van der Waals surface area contributed by atoms with E-state index < -0.39 is 0 Å². The SMILES string of the molecule is CC(C)(C)C1(C)CC2CC(C1)C1CCCC21. The Balaban J connectivity index is 1.86. The van der Waals surface area contributed by atoms with E-state index >= 15 is 0 Å². The van der Waals surface area contributed by atoms with Gasteiger partial charge in [0.15, 0.2) is 0 Å². The van der Waals surface area contributed by atoms with Gasteiger partial charge in [0.25, 0.3) is 0 Å². The fourth-order valence-corrected chi connectivity index (χ4v) is 5.25. The van der Waals surface area contributed by atoms with Gasteiger partial charge < -0.3 is 0 Å². The van der Waals surface area contributed by atoms with Crippen molar-refractivity contribution in [3.63, 3.8) is 0 Å². The van der Waals surface area contributed by atoms with Crippen LogP contribution in [0.15, 0.2) is 0 Å². The molecule has 0 heteroatoms. The third kappa shape index (κ3) is 1.41. The van der Waals surface area contributed by atoms with Crippen molar-refractivity contribution in [1.82, 2.24) is 0 Å². The van der Waals surface area contributed by atoms with Gasteiger partial charge in [-0.2, -0.15) is 0 Å². The molecule has 92 valence electrons. The van der Waals surface area contributed by atoms with Crippen LogP contribution in [0, 0.1) is 34.5 Å². The second kappa shape index (κ2) is 3.27. The van der Waals surface area contributed by atoms with Crippen molar-refractivity contribution in [3.05, 3.63) is 0 Å². The van der Waals surface area contributed by atoms with Crippen LogP contribution in [0.2, 0.25) is 0 Å². The molecule has 3 saturated carbocycles. The molecule has 0 aromatic carbocycles. The minimum absolute atomic E-state index is 0.503. The molecule has 0 N–H and O–H groups in total. The molecule has 3 aliphatic rings. The maximum absolute atomic E-state index is 2.58. The van der Waals surface area contributed by atoms with Gasteiger partial charge in [-0.15, -0.1) is 0 Å². The molecule has 0 radical (unpaired) electrons. The predicted octanol–water partition coefficient (Wildman–Crippen LogP) is 4.89. The Morgan fingerprint density at radius 3 is 1.88 bits per heavy atom. The molecular weight excluding hydrogens is 192 g/mol. The lowest BCUT2D eigenvalue weighted by Gasteiger charge is -2.48. The number of hydrogen-bond acceptors (Lipinski definition) is 0. The summed E-state index contributed by atoms with van der Waals surface area (Å²) in [5, 5.41) is 0. The normalized spacial score (nSPS) is 51.8. The Morgan fingerprint density at radius 2 is 1.44 bits per heavy atom. The lowest BCUT2D eigenvalue weighted by atomic mass is 9.57. The Bertz CT molecular complexity index is 265. The van der Waals surface area contributed by atoms with Crippen LogP contribution in [0.1, 0.15) is 66.2 Å². The molecule has 0 spiro atoms. The van der Waals surface area contributed by atoms with E-state index in [1.54, 1.807) is 19.3 Å². The van der Waals surface area contributed by atoms with E-state index in [1.165, 1.54) is 19.3 Å². The van der Waals surface area contributed by atoms with Gasteiger partial charge in [-0.05, 0) is 66.6 Å². The van der Waals surface area contributed by atoms with Gasteiger partial charge >= 0.3 is 0 Å². The fourth-order valence-electron chi connectivity index (χ4n) is 5.25. The van der Waals surface area contributed by atoms with Crippen molar-refractivity contribution < 1.29 is 0 Å². The van der Waals surface area contributed by atoms with Crippen molar-refractivity contribution in [1.29, 1.82) is 0 Å². The molecule has 16 heavy (non-hydrogen) atoms. The van der Waals surface area contributed by atoms with Crippen molar-refractivity contribution in [2.24, 2.45) is 34.5 Å². The summed E-state index contributed by atoms with van der Waals surface area (Å²) >= 11 is 0. The summed E-state index contributed by atoms with van der Waals surface area (Å²) in [5.74, 6) is 4.45. The molecule has 3 fully saturated rings. The molecule has 3 aliphatic carbocycles. The highest BCUT2D eigenvalue weighted by molar-refractivity contribution is 5.04. The van der Waals surface area contributed by atoms with Crippen LogP contribution < -0.4 is 0 Å². The number of fused-ring (bicyclic) bond motifs is 5. The van der Waals surface area contributed by atoms with E-state index in [1.807, 2.05) is 0 Å². The first-order valence-electron chi connectivity index (χ1n) is 7.41. The van der Waals surface area contributed by atoms with Gasteiger partial charge in [0.05, 0.1) is 0 Å². The maximum Gasteiger partial charge on any atom is -0.0272 e. The summed E-state index contributed by atoms with van der Waals surface area (Å²) in [7, 11) is 0. The predicted molar refractivity (Wildman–Crippen MR) is 69.2 cm³/mol. The molecule has 0 aliphatic heterocycles. The Kier molecular flexibility index (Phi) is 2.27.